The highest BCUT2D eigenvalue weighted by molar-refractivity contribution is 9.10. The molecular weight excluding hydrogens is 270 g/mol. The summed E-state index contributed by atoms with van der Waals surface area (Å²) in [6, 6.07) is 8.58. The van der Waals surface area contributed by atoms with E-state index in [4.69, 9.17) is 4.42 Å². The molecule has 0 amide bonds. The molecule has 0 radical (unpaired) electrons. The van der Waals surface area contributed by atoms with Gasteiger partial charge in [0.1, 0.15) is 0 Å². The lowest BCUT2D eigenvalue weighted by atomic mass is 10.1. The van der Waals surface area contributed by atoms with Crippen LogP contribution in [0.5, 0.6) is 0 Å². The molecule has 0 atom stereocenters. The summed E-state index contributed by atoms with van der Waals surface area (Å²) < 4.78 is 6.53. The second-order valence-electron chi connectivity index (χ2n) is 3.68. The number of benzene rings is 1. The Morgan fingerprint density at radius 1 is 1.31 bits per heavy atom. The quantitative estimate of drug-likeness (QED) is 0.867. The van der Waals surface area contributed by atoms with Gasteiger partial charge in [0.25, 0.3) is 0 Å². The van der Waals surface area contributed by atoms with Gasteiger partial charge < -0.3 is 9.32 Å². The largest absolute Gasteiger partial charge is 0.408 e. The van der Waals surface area contributed by atoms with Crippen molar-refractivity contribution in [3.8, 4) is 0 Å². The molecule has 1 aromatic carbocycles. The minimum atomic E-state index is 0.532. The van der Waals surface area contributed by atoms with Crippen LogP contribution in [0.25, 0.3) is 0 Å². The zero-order valence-electron chi connectivity index (χ0n) is 9.14. The fraction of sp³-hybridized carbons (Fsp3) is 0.273. The molecule has 4 nitrogen and oxygen atoms in total. The molecule has 0 saturated heterocycles. The normalized spacial score (nSPS) is 10.4. The monoisotopic (exact) mass is 281 g/mol. The third-order valence-electron chi connectivity index (χ3n) is 2.08. The number of halogens is 1. The maximum absolute atomic E-state index is 5.48. The zero-order chi connectivity index (χ0) is 11.5. The maximum atomic E-state index is 5.48. The average molecular weight is 282 g/mol. The maximum Gasteiger partial charge on any atom is 0.317 e. The van der Waals surface area contributed by atoms with Gasteiger partial charge >= 0.3 is 6.01 Å². The number of anilines is 1. The van der Waals surface area contributed by atoms with Crippen molar-refractivity contribution in [2.75, 3.05) is 19.0 Å². The number of rotatable bonds is 3. The molecule has 0 bridgehead atoms. The number of hydrogen-bond donors (Lipinski definition) is 0. The third kappa shape index (κ3) is 2.61. The molecule has 0 saturated carbocycles. The Bertz CT molecular complexity index is 482. The van der Waals surface area contributed by atoms with Crippen LogP contribution in [0.15, 0.2) is 33.2 Å². The van der Waals surface area contributed by atoms with E-state index in [0.717, 1.165) is 10.0 Å². The molecule has 0 N–H and O–H groups in total. The molecule has 84 valence electrons. The van der Waals surface area contributed by atoms with Crippen molar-refractivity contribution in [2.45, 2.75) is 6.42 Å². The Morgan fingerprint density at radius 3 is 2.75 bits per heavy atom. The van der Waals surface area contributed by atoms with Gasteiger partial charge in [-0.15, -0.1) is 5.10 Å². The highest BCUT2D eigenvalue weighted by atomic mass is 79.9. The molecule has 0 fully saturated rings. The van der Waals surface area contributed by atoms with Gasteiger partial charge in [0, 0.05) is 18.6 Å². The fourth-order valence-corrected chi connectivity index (χ4v) is 1.77. The first kappa shape index (κ1) is 11.1. The van der Waals surface area contributed by atoms with E-state index in [2.05, 4.69) is 26.1 Å². The number of nitrogens with zero attached hydrogens (tertiary/aromatic N) is 3. The lowest BCUT2D eigenvalue weighted by Gasteiger charge is -2.03. The van der Waals surface area contributed by atoms with Crippen molar-refractivity contribution < 1.29 is 4.42 Å². The first-order valence-corrected chi connectivity index (χ1v) is 5.68. The Balaban J connectivity index is 2.14. The van der Waals surface area contributed by atoms with E-state index in [9.17, 15) is 0 Å². The third-order valence-corrected chi connectivity index (χ3v) is 2.58. The molecule has 2 aromatic rings. The van der Waals surface area contributed by atoms with Gasteiger partial charge in [-0.25, -0.2) is 0 Å². The van der Waals surface area contributed by atoms with E-state index in [1.165, 1.54) is 0 Å². The zero-order valence-corrected chi connectivity index (χ0v) is 10.7. The Hall–Kier alpha value is -1.36. The van der Waals surface area contributed by atoms with Gasteiger partial charge in [0.05, 0.1) is 6.42 Å². The van der Waals surface area contributed by atoms with Gasteiger partial charge in [-0.05, 0) is 17.7 Å². The van der Waals surface area contributed by atoms with Gasteiger partial charge in [-0.2, -0.15) is 0 Å². The summed E-state index contributed by atoms with van der Waals surface area (Å²) in [7, 11) is 3.74. The second kappa shape index (κ2) is 4.65. The molecule has 0 aliphatic rings. The summed E-state index contributed by atoms with van der Waals surface area (Å²) in [5.41, 5.74) is 1.14. The first-order valence-electron chi connectivity index (χ1n) is 4.89. The van der Waals surface area contributed by atoms with Crippen molar-refractivity contribution in [2.24, 2.45) is 0 Å². The SMILES string of the molecule is CN(C)c1nnc(Cc2cccc(Br)c2)o1. The van der Waals surface area contributed by atoms with Crippen LogP contribution in [0.2, 0.25) is 0 Å². The lowest BCUT2D eigenvalue weighted by Crippen LogP contribution is -2.08. The van der Waals surface area contributed by atoms with Crippen molar-refractivity contribution in [3.05, 3.63) is 40.2 Å². The van der Waals surface area contributed by atoms with Gasteiger partial charge in [-0.1, -0.05) is 33.2 Å². The molecule has 1 heterocycles. The van der Waals surface area contributed by atoms with E-state index in [-0.39, 0.29) is 0 Å². The van der Waals surface area contributed by atoms with Crippen LogP contribution in [0.1, 0.15) is 11.5 Å². The van der Waals surface area contributed by atoms with Crippen LogP contribution >= 0.6 is 15.9 Å². The summed E-state index contributed by atoms with van der Waals surface area (Å²) in [6.07, 6.45) is 0.653. The van der Waals surface area contributed by atoms with E-state index < -0.39 is 0 Å². The molecule has 0 aliphatic carbocycles. The predicted molar refractivity (Wildman–Crippen MR) is 65.6 cm³/mol. The van der Waals surface area contributed by atoms with Crippen LogP contribution in [0.3, 0.4) is 0 Å². The molecule has 16 heavy (non-hydrogen) atoms. The predicted octanol–water partition coefficient (Wildman–Crippen LogP) is 2.49. The molecule has 0 aliphatic heterocycles. The molecule has 0 spiro atoms. The van der Waals surface area contributed by atoms with E-state index in [1.807, 2.05) is 38.4 Å². The van der Waals surface area contributed by atoms with Crippen LogP contribution in [-0.2, 0) is 6.42 Å². The molecule has 5 heteroatoms. The van der Waals surface area contributed by atoms with E-state index >= 15 is 0 Å². The molecule has 2 rings (SSSR count). The lowest BCUT2D eigenvalue weighted by molar-refractivity contribution is 0.506. The summed E-state index contributed by atoms with van der Waals surface area (Å²) in [4.78, 5) is 1.79. The van der Waals surface area contributed by atoms with Crippen LogP contribution in [0.4, 0.5) is 6.01 Å². The Labute approximate surface area is 102 Å². The van der Waals surface area contributed by atoms with E-state index in [1.54, 1.807) is 4.90 Å². The number of hydrogen-bond acceptors (Lipinski definition) is 4. The van der Waals surface area contributed by atoms with Crippen molar-refractivity contribution in [1.29, 1.82) is 0 Å². The standard InChI is InChI=1S/C11H12BrN3O/c1-15(2)11-14-13-10(16-11)7-8-4-3-5-9(12)6-8/h3-6H,7H2,1-2H3. The van der Waals surface area contributed by atoms with Gasteiger partial charge in [0.2, 0.25) is 5.89 Å². The minimum Gasteiger partial charge on any atom is -0.408 e. The number of aromatic nitrogens is 2. The van der Waals surface area contributed by atoms with Crippen molar-refractivity contribution >= 4 is 21.9 Å². The van der Waals surface area contributed by atoms with Crippen molar-refractivity contribution in [3.63, 3.8) is 0 Å². The highest BCUT2D eigenvalue weighted by Gasteiger charge is 2.08. The summed E-state index contributed by atoms with van der Waals surface area (Å²) in [6.45, 7) is 0. The first-order chi connectivity index (χ1) is 7.65. The highest BCUT2D eigenvalue weighted by Crippen LogP contribution is 2.16. The summed E-state index contributed by atoms with van der Waals surface area (Å²) >= 11 is 3.43. The smallest absolute Gasteiger partial charge is 0.317 e. The van der Waals surface area contributed by atoms with Gasteiger partial charge in [0.15, 0.2) is 0 Å². The van der Waals surface area contributed by atoms with Crippen molar-refractivity contribution in [1.82, 2.24) is 10.2 Å². The van der Waals surface area contributed by atoms with Crippen LogP contribution in [0, 0.1) is 0 Å². The average Bonchev–Trinajstić information content (AvgIpc) is 2.66. The van der Waals surface area contributed by atoms with E-state index in [0.29, 0.717) is 18.3 Å². The fourth-order valence-electron chi connectivity index (χ4n) is 1.32. The molecule has 0 unspecified atom stereocenters. The molecule has 1 aromatic heterocycles. The van der Waals surface area contributed by atoms with Gasteiger partial charge in [-0.3, -0.25) is 0 Å². The second-order valence-corrected chi connectivity index (χ2v) is 4.60. The Morgan fingerprint density at radius 2 is 2.12 bits per heavy atom. The van der Waals surface area contributed by atoms with Crippen LogP contribution in [-0.4, -0.2) is 24.3 Å². The molecular formula is C11H12BrN3O. The minimum absolute atomic E-state index is 0.532. The summed E-state index contributed by atoms with van der Waals surface area (Å²) in [5.74, 6) is 0.627. The Kier molecular flexibility index (Phi) is 3.24. The van der Waals surface area contributed by atoms with Crippen LogP contribution < -0.4 is 4.90 Å². The topological polar surface area (TPSA) is 42.2 Å². The summed E-state index contributed by atoms with van der Waals surface area (Å²) in [5, 5.41) is 7.92.